The van der Waals surface area contributed by atoms with E-state index in [0.717, 1.165) is 0 Å². The third-order valence-electron chi connectivity index (χ3n) is 3.56. The van der Waals surface area contributed by atoms with Crippen LogP contribution in [0.3, 0.4) is 0 Å². The lowest BCUT2D eigenvalue weighted by Gasteiger charge is -2.32. The summed E-state index contributed by atoms with van der Waals surface area (Å²) in [5.41, 5.74) is -0.276. The molecule has 102 valence electrons. The molecule has 0 radical (unpaired) electrons. The van der Waals surface area contributed by atoms with Crippen LogP contribution in [0.2, 0.25) is 0 Å². The SMILES string of the molecule is CC1(C)OB(c2cnc([N+](=O)[O-])cc2Br)OC1(C)C. The predicted molar refractivity (Wildman–Crippen MR) is 74.3 cm³/mol. The number of nitro groups is 1. The Bertz CT molecular complexity index is 519. The molecule has 0 spiro atoms. The Kier molecular flexibility index (Phi) is 3.44. The van der Waals surface area contributed by atoms with Gasteiger partial charge in [-0.2, -0.15) is 0 Å². The summed E-state index contributed by atoms with van der Waals surface area (Å²) >= 11 is 3.30. The smallest absolute Gasteiger partial charge is 0.399 e. The van der Waals surface area contributed by atoms with Gasteiger partial charge in [0.05, 0.1) is 11.2 Å². The van der Waals surface area contributed by atoms with Gasteiger partial charge in [0.2, 0.25) is 0 Å². The molecule has 2 heterocycles. The Morgan fingerprint density at radius 2 is 1.84 bits per heavy atom. The predicted octanol–water partition coefficient (Wildman–Crippen LogP) is 2.05. The van der Waals surface area contributed by atoms with Crippen molar-refractivity contribution in [3.63, 3.8) is 0 Å². The summed E-state index contributed by atoms with van der Waals surface area (Å²) in [6.07, 6.45) is 1.41. The van der Waals surface area contributed by atoms with Crippen molar-refractivity contribution >= 4 is 34.3 Å². The molecule has 0 N–H and O–H groups in total. The first-order chi connectivity index (χ1) is 8.64. The lowest BCUT2D eigenvalue weighted by molar-refractivity contribution is -0.389. The quantitative estimate of drug-likeness (QED) is 0.472. The van der Waals surface area contributed by atoms with Gasteiger partial charge in [-0.15, -0.1) is 0 Å². The van der Waals surface area contributed by atoms with E-state index in [4.69, 9.17) is 9.31 Å². The monoisotopic (exact) mass is 328 g/mol. The summed E-state index contributed by atoms with van der Waals surface area (Å²) in [5, 5.41) is 10.7. The first-order valence-corrected chi connectivity index (χ1v) is 6.59. The van der Waals surface area contributed by atoms with E-state index in [2.05, 4.69) is 20.9 Å². The molecule has 1 aliphatic rings. The average molecular weight is 329 g/mol. The van der Waals surface area contributed by atoms with Gasteiger partial charge < -0.3 is 19.4 Å². The standard InChI is InChI=1S/C11H14BBrN2O4/c1-10(2)11(3,4)19-12(18-10)7-6-14-9(15(16)17)5-8(7)13/h5-6H,1-4H3. The molecular formula is C11H14BBrN2O4. The minimum atomic E-state index is -0.590. The van der Waals surface area contributed by atoms with E-state index in [1.165, 1.54) is 12.3 Å². The largest absolute Gasteiger partial charge is 0.499 e. The van der Waals surface area contributed by atoms with Crippen molar-refractivity contribution in [2.75, 3.05) is 0 Å². The van der Waals surface area contributed by atoms with E-state index in [1.54, 1.807) is 0 Å². The van der Waals surface area contributed by atoms with E-state index in [-0.39, 0.29) is 5.82 Å². The topological polar surface area (TPSA) is 74.5 Å². The van der Waals surface area contributed by atoms with Crippen LogP contribution in [0.5, 0.6) is 0 Å². The fourth-order valence-corrected chi connectivity index (χ4v) is 2.17. The van der Waals surface area contributed by atoms with Crippen LogP contribution in [0.25, 0.3) is 0 Å². The maximum atomic E-state index is 10.7. The zero-order valence-electron chi connectivity index (χ0n) is 11.1. The molecule has 19 heavy (non-hydrogen) atoms. The second-order valence-corrected chi connectivity index (χ2v) is 6.26. The molecule has 1 aromatic heterocycles. The van der Waals surface area contributed by atoms with Crippen molar-refractivity contribution in [1.29, 1.82) is 0 Å². The van der Waals surface area contributed by atoms with E-state index in [9.17, 15) is 10.1 Å². The molecule has 0 amide bonds. The molecule has 6 nitrogen and oxygen atoms in total. The summed E-state index contributed by atoms with van der Waals surface area (Å²) in [7, 11) is -0.590. The molecule has 0 aromatic carbocycles. The number of hydrogen-bond donors (Lipinski definition) is 0. The van der Waals surface area contributed by atoms with Gasteiger partial charge in [0, 0.05) is 16.0 Å². The van der Waals surface area contributed by atoms with Gasteiger partial charge in [0.15, 0.2) is 0 Å². The average Bonchev–Trinajstić information content (AvgIpc) is 2.47. The lowest BCUT2D eigenvalue weighted by Crippen LogP contribution is -2.41. The van der Waals surface area contributed by atoms with Crippen molar-refractivity contribution in [3.05, 3.63) is 26.9 Å². The number of rotatable bonds is 2. The molecule has 0 saturated carbocycles. The van der Waals surface area contributed by atoms with Gasteiger partial charge in [-0.05, 0) is 37.6 Å². The fourth-order valence-electron chi connectivity index (χ4n) is 1.67. The first kappa shape index (κ1) is 14.4. The van der Waals surface area contributed by atoms with Crippen molar-refractivity contribution in [1.82, 2.24) is 4.98 Å². The van der Waals surface area contributed by atoms with Crippen LogP contribution >= 0.6 is 15.9 Å². The highest BCUT2D eigenvalue weighted by Gasteiger charge is 2.52. The molecule has 8 heteroatoms. The zero-order valence-corrected chi connectivity index (χ0v) is 12.7. The molecule has 1 saturated heterocycles. The highest BCUT2D eigenvalue weighted by Crippen LogP contribution is 2.37. The van der Waals surface area contributed by atoms with Crippen LogP contribution in [-0.2, 0) is 9.31 Å². The summed E-state index contributed by atoms with van der Waals surface area (Å²) in [5.74, 6) is -0.216. The van der Waals surface area contributed by atoms with Crippen LogP contribution < -0.4 is 5.46 Å². The lowest BCUT2D eigenvalue weighted by atomic mass is 9.80. The Labute approximate surface area is 119 Å². The summed E-state index contributed by atoms with van der Waals surface area (Å²) < 4.78 is 12.3. The number of hydrogen-bond acceptors (Lipinski definition) is 5. The van der Waals surface area contributed by atoms with Crippen molar-refractivity contribution in [3.8, 4) is 0 Å². The Morgan fingerprint density at radius 1 is 1.32 bits per heavy atom. The van der Waals surface area contributed by atoms with E-state index < -0.39 is 23.2 Å². The van der Waals surface area contributed by atoms with Gasteiger partial charge in [-0.25, -0.2) is 0 Å². The number of aromatic nitrogens is 1. The van der Waals surface area contributed by atoms with Gasteiger partial charge >= 0.3 is 12.9 Å². The van der Waals surface area contributed by atoms with Crippen LogP contribution in [0, 0.1) is 10.1 Å². The Balaban J connectivity index is 2.33. The van der Waals surface area contributed by atoms with Crippen LogP contribution in [0.15, 0.2) is 16.7 Å². The van der Waals surface area contributed by atoms with Crippen LogP contribution in [0.4, 0.5) is 5.82 Å². The first-order valence-electron chi connectivity index (χ1n) is 5.79. The maximum Gasteiger partial charge on any atom is 0.499 e. The molecule has 0 aliphatic carbocycles. The second-order valence-electron chi connectivity index (χ2n) is 5.41. The maximum absolute atomic E-state index is 10.7. The molecule has 0 bridgehead atoms. The summed E-state index contributed by atoms with van der Waals surface area (Å²) in [6.45, 7) is 7.78. The highest BCUT2D eigenvalue weighted by molar-refractivity contribution is 9.10. The van der Waals surface area contributed by atoms with E-state index in [1.807, 2.05) is 27.7 Å². The fraction of sp³-hybridized carbons (Fsp3) is 0.545. The summed E-state index contributed by atoms with van der Waals surface area (Å²) in [4.78, 5) is 13.9. The van der Waals surface area contributed by atoms with Gasteiger partial charge in [-0.3, -0.25) is 0 Å². The number of halogens is 1. The third-order valence-corrected chi connectivity index (χ3v) is 4.25. The number of nitrogens with zero attached hydrogens (tertiary/aromatic N) is 2. The molecule has 0 unspecified atom stereocenters. The Morgan fingerprint density at radius 3 is 2.26 bits per heavy atom. The molecule has 1 fully saturated rings. The molecule has 1 aliphatic heterocycles. The van der Waals surface area contributed by atoms with Gasteiger partial charge in [-0.1, -0.05) is 15.9 Å². The van der Waals surface area contributed by atoms with Crippen molar-refractivity contribution in [2.24, 2.45) is 0 Å². The minimum absolute atomic E-state index is 0.216. The number of pyridine rings is 1. The molecular weight excluding hydrogens is 315 g/mol. The van der Waals surface area contributed by atoms with Crippen molar-refractivity contribution in [2.45, 2.75) is 38.9 Å². The molecule has 0 atom stereocenters. The van der Waals surface area contributed by atoms with Crippen LogP contribution in [0.1, 0.15) is 27.7 Å². The van der Waals surface area contributed by atoms with Gasteiger partial charge in [0.1, 0.15) is 6.20 Å². The zero-order chi connectivity index (χ0) is 14.4. The Hall–Kier alpha value is -0.985. The normalized spacial score (nSPS) is 20.6. The van der Waals surface area contributed by atoms with E-state index in [0.29, 0.717) is 9.94 Å². The summed E-state index contributed by atoms with van der Waals surface area (Å²) in [6, 6.07) is 1.35. The van der Waals surface area contributed by atoms with E-state index >= 15 is 0 Å². The van der Waals surface area contributed by atoms with Crippen LogP contribution in [-0.4, -0.2) is 28.2 Å². The highest BCUT2D eigenvalue weighted by atomic mass is 79.9. The molecule has 1 aromatic rings. The molecule has 2 rings (SSSR count). The van der Waals surface area contributed by atoms with Crippen molar-refractivity contribution < 1.29 is 14.2 Å². The second kappa shape index (κ2) is 4.54. The minimum Gasteiger partial charge on any atom is -0.399 e. The third kappa shape index (κ3) is 2.52. The van der Waals surface area contributed by atoms with Gasteiger partial charge in [0.25, 0.3) is 0 Å².